The standard InChI is InChI=1S/C18H25N3O5/c1-12(22)21-11-18(9-14(21)17(24)25)5-7-20(8-6-18)10-13-3-4-15(26-13)16(23)19-2/h3-4,14H,5-11H2,1-2H3,(H,19,23)(H,24,25). The number of aliphatic carboxylic acids is 1. The highest BCUT2D eigenvalue weighted by atomic mass is 16.4. The van der Waals surface area contributed by atoms with Gasteiger partial charge in [0.05, 0.1) is 6.54 Å². The zero-order chi connectivity index (χ0) is 18.9. The molecule has 2 saturated heterocycles. The van der Waals surface area contributed by atoms with Gasteiger partial charge >= 0.3 is 5.97 Å². The van der Waals surface area contributed by atoms with Gasteiger partial charge < -0.3 is 19.7 Å². The van der Waals surface area contributed by atoms with Crippen molar-refractivity contribution in [3.63, 3.8) is 0 Å². The van der Waals surface area contributed by atoms with Crippen molar-refractivity contribution in [3.8, 4) is 0 Å². The van der Waals surface area contributed by atoms with Gasteiger partial charge in [-0.2, -0.15) is 0 Å². The quantitative estimate of drug-likeness (QED) is 0.825. The minimum Gasteiger partial charge on any atom is -0.480 e. The lowest BCUT2D eigenvalue weighted by Crippen LogP contribution is -2.42. The van der Waals surface area contributed by atoms with Gasteiger partial charge in [0, 0.05) is 20.5 Å². The Labute approximate surface area is 152 Å². The Balaban J connectivity index is 1.59. The first-order chi connectivity index (χ1) is 12.3. The number of likely N-dealkylation sites (tertiary alicyclic amines) is 2. The van der Waals surface area contributed by atoms with E-state index in [1.54, 1.807) is 13.1 Å². The summed E-state index contributed by atoms with van der Waals surface area (Å²) in [6.07, 6.45) is 2.23. The molecule has 26 heavy (non-hydrogen) atoms. The minimum atomic E-state index is -0.920. The maximum Gasteiger partial charge on any atom is 0.326 e. The van der Waals surface area contributed by atoms with Crippen molar-refractivity contribution in [1.82, 2.24) is 15.1 Å². The smallest absolute Gasteiger partial charge is 0.326 e. The van der Waals surface area contributed by atoms with Crippen molar-refractivity contribution < 1.29 is 23.9 Å². The number of hydrogen-bond donors (Lipinski definition) is 2. The van der Waals surface area contributed by atoms with Crippen molar-refractivity contribution in [2.75, 3.05) is 26.7 Å². The molecule has 8 heteroatoms. The van der Waals surface area contributed by atoms with Crippen LogP contribution in [-0.2, 0) is 16.1 Å². The molecule has 8 nitrogen and oxygen atoms in total. The van der Waals surface area contributed by atoms with Gasteiger partial charge in [-0.15, -0.1) is 0 Å². The molecule has 142 valence electrons. The van der Waals surface area contributed by atoms with E-state index in [0.29, 0.717) is 25.3 Å². The number of rotatable bonds is 4. The summed E-state index contributed by atoms with van der Waals surface area (Å²) < 4.78 is 5.57. The van der Waals surface area contributed by atoms with E-state index in [2.05, 4.69) is 10.2 Å². The van der Waals surface area contributed by atoms with Gasteiger partial charge in [-0.3, -0.25) is 14.5 Å². The summed E-state index contributed by atoms with van der Waals surface area (Å²) in [7, 11) is 1.56. The van der Waals surface area contributed by atoms with Crippen LogP contribution in [0.2, 0.25) is 0 Å². The summed E-state index contributed by atoms with van der Waals surface area (Å²) in [6.45, 7) is 4.20. The number of carbonyl (C=O) groups excluding carboxylic acids is 2. The topological polar surface area (TPSA) is 103 Å². The van der Waals surface area contributed by atoms with Gasteiger partial charge in [0.1, 0.15) is 11.8 Å². The molecule has 0 aromatic carbocycles. The van der Waals surface area contributed by atoms with E-state index in [1.807, 2.05) is 6.07 Å². The minimum absolute atomic E-state index is 0.109. The number of nitrogens with zero attached hydrogens (tertiary/aromatic N) is 2. The van der Waals surface area contributed by atoms with Crippen LogP contribution in [0.25, 0.3) is 0 Å². The van der Waals surface area contributed by atoms with E-state index in [9.17, 15) is 19.5 Å². The van der Waals surface area contributed by atoms with Crippen LogP contribution < -0.4 is 5.32 Å². The molecule has 0 aliphatic carbocycles. The summed E-state index contributed by atoms with van der Waals surface area (Å²) in [5.74, 6) is -0.303. The molecule has 0 radical (unpaired) electrons. The van der Waals surface area contributed by atoms with Crippen molar-refractivity contribution in [2.45, 2.75) is 38.8 Å². The predicted molar refractivity (Wildman–Crippen MR) is 92.5 cm³/mol. The van der Waals surface area contributed by atoms with Crippen LogP contribution in [0, 0.1) is 5.41 Å². The monoisotopic (exact) mass is 363 g/mol. The van der Waals surface area contributed by atoms with Crippen LogP contribution in [0.3, 0.4) is 0 Å². The van der Waals surface area contributed by atoms with Crippen molar-refractivity contribution >= 4 is 17.8 Å². The van der Waals surface area contributed by atoms with Crippen molar-refractivity contribution in [3.05, 3.63) is 23.7 Å². The number of carbonyl (C=O) groups is 3. The Morgan fingerprint density at radius 2 is 2.00 bits per heavy atom. The van der Waals surface area contributed by atoms with Crippen molar-refractivity contribution in [1.29, 1.82) is 0 Å². The molecule has 1 aromatic heterocycles. The largest absolute Gasteiger partial charge is 0.480 e. The van der Waals surface area contributed by atoms with Gasteiger partial charge in [-0.25, -0.2) is 4.79 Å². The number of piperidine rings is 1. The molecule has 1 atom stereocenters. The molecule has 2 aliphatic heterocycles. The Morgan fingerprint density at radius 1 is 1.31 bits per heavy atom. The molecular formula is C18H25N3O5. The van der Waals surface area contributed by atoms with E-state index < -0.39 is 12.0 Å². The average Bonchev–Trinajstić information content (AvgIpc) is 3.22. The van der Waals surface area contributed by atoms with Crippen LogP contribution in [0.15, 0.2) is 16.5 Å². The summed E-state index contributed by atoms with van der Waals surface area (Å²) in [5.41, 5.74) is -0.109. The third kappa shape index (κ3) is 3.60. The Morgan fingerprint density at radius 3 is 2.54 bits per heavy atom. The second-order valence-electron chi connectivity index (χ2n) is 7.33. The van der Waals surface area contributed by atoms with Crippen LogP contribution in [0.4, 0.5) is 0 Å². The van der Waals surface area contributed by atoms with Crippen LogP contribution in [-0.4, -0.2) is 65.4 Å². The van der Waals surface area contributed by atoms with Crippen LogP contribution in [0.1, 0.15) is 42.5 Å². The molecular weight excluding hydrogens is 338 g/mol. The summed E-state index contributed by atoms with van der Waals surface area (Å²) >= 11 is 0. The fourth-order valence-electron chi connectivity index (χ4n) is 4.08. The van der Waals surface area contributed by atoms with E-state index >= 15 is 0 Å². The second-order valence-corrected chi connectivity index (χ2v) is 7.33. The second kappa shape index (κ2) is 7.11. The summed E-state index contributed by atoms with van der Waals surface area (Å²) in [5, 5.41) is 11.9. The van der Waals surface area contributed by atoms with Gasteiger partial charge in [0.15, 0.2) is 5.76 Å². The highest BCUT2D eigenvalue weighted by Gasteiger charge is 2.49. The maximum atomic E-state index is 11.8. The lowest BCUT2D eigenvalue weighted by atomic mass is 9.76. The van der Waals surface area contributed by atoms with E-state index in [0.717, 1.165) is 31.7 Å². The van der Waals surface area contributed by atoms with E-state index in [1.165, 1.54) is 11.8 Å². The molecule has 1 aromatic rings. The van der Waals surface area contributed by atoms with Gasteiger partial charge in [0.25, 0.3) is 5.91 Å². The molecule has 3 rings (SSSR count). The maximum absolute atomic E-state index is 11.8. The first-order valence-electron chi connectivity index (χ1n) is 8.87. The van der Waals surface area contributed by atoms with Crippen molar-refractivity contribution in [2.24, 2.45) is 5.41 Å². The molecule has 2 N–H and O–H groups in total. The Bertz CT molecular complexity index is 681. The molecule has 0 saturated carbocycles. The zero-order valence-electron chi connectivity index (χ0n) is 15.2. The SMILES string of the molecule is CNC(=O)c1ccc(CN2CCC3(CC2)CC(C(=O)O)N(C(C)=O)C3)o1. The number of amides is 2. The number of carboxylic acids is 1. The molecule has 3 heterocycles. The first-order valence-corrected chi connectivity index (χ1v) is 8.87. The summed E-state index contributed by atoms with van der Waals surface area (Å²) in [6, 6.07) is 2.76. The fraction of sp³-hybridized carbons (Fsp3) is 0.611. The number of furan rings is 1. The third-order valence-corrected chi connectivity index (χ3v) is 5.61. The Hall–Kier alpha value is -2.35. The molecule has 1 unspecified atom stereocenters. The third-order valence-electron chi connectivity index (χ3n) is 5.61. The highest BCUT2D eigenvalue weighted by Crippen LogP contribution is 2.43. The molecule has 2 aliphatic rings. The van der Waals surface area contributed by atoms with Gasteiger partial charge in [-0.05, 0) is 49.9 Å². The molecule has 1 spiro atoms. The lowest BCUT2D eigenvalue weighted by molar-refractivity contribution is -0.147. The van der Waals surface area contributed by atoms with Gasteiger partial charge in [-0.1, -0.05) is 0 Å². The molecule has 2 amide bonds. The summed E-state index contributed by atoms with van der Waals surface area (Å²) in [4.78, 5) is 38.6. The van der Waals surface area contributed by atoms with Crippen LogP contribution >= 0.6 is 0 Å². The molecule has 0 bridgehead atoms. The first kappa shape index (κ1) is 18.4. The number of hydrogen-bond acceptors (Lipinski definition) is 5. The van der Waals surface area contributed by atoms with E-state index in [4.69, 9.17) is 4.42 Å². The van der Waals surface area contributed by atoms with Gasteiger partial charge in [0.2, 0.25) is 5.91 Å². The molecule has 2 fully saturated rings. The lowest BCUT2D eigenvalue weighted by Gasteiger charge is -2.38. The average molecular weight is 363 g/mol. The van der Waals surface area contributed by atoms with E-state index in [-0.39, 0.29) is 17.2 Å². The number of nitrogens with one attached hydrogen (secondary N) is 1. The fourth-order valence-corrected chi connectivity index (χ4v) is 4.08. The highest BCUT2D eigenvalue weighted by molar-refractivity contribution is 5.91. The zero-order valence-corrected chi connectivity index (χ0v) is 15.2. The number of carboxylic acid groups (broad SMARTS) is 1. The Kier molecular flexibility index (Phi) is 5.04. The normalized spacial score (nSPS) is 22.5. The predicted octanol–water partition coefficient (Wildman–Crippen LogP) is 0.927. The van der Waals surface area contributed by atoms with Crippen LogP contribution in [0.5, 0.6) is 0 Å².